The lowest BCUT2D eigenvalue weighted by molar-refractivity contribution is 0.0697. The maximum absolute atomic E-state index is 11.7. The summed E-state index contributed by atoms with van der Waals surface area (Å²) in [7, 11) is 0. The monoisotopic (exact) mass is 310 g/mol. The molecule has 5 nitrogen and oxygen atoms in total. The second kappa shape index (κ2) is 9.28. The fourth-order valence-corrected chi connectivity index (χ4v) is 2.51. The Morgan fingerprint density at radius 3 is 2.52 bits per heavy atom. The third-order valence-electron chi connectivity index (χ3n) is 2.93. The fraction of sp³-hybridized carbons (Fsp3) is 0.467. The Hall–Kier alpha value is -1.69. The van der Waals surface area contributed by atoms with Crippen LogP contribution in [0.15, 0.2) is 24.3 Å². The summed E-state index contributed by atoms with van der Waals surface area (Å²) in [6.07, 6.45) is 0.944. The van der Waals surface area contributed by atoms with Gasteiger partial charge in [-0.3, -0.25) is 0 Å². The highest BCUT2D eigenvalue weighted by molar-refractivity contribution is 7.99. The average Bonchev–Trinajstić information content (AvgIpc) is 2.46. The van der Waals surface area contributed by atoms with E-state index in [0.717, 1.165) is 23.5 Å². The number of rotatable bonds is 8. The van der Waals surface area contributed by atoms with Crippen molar-refractivity contribution in [3.05, 3.63) is 35.4 Å². The summed E-state index contributed by atoms with van der Waals surface area (Å²) >= 11 is 1.86. The van der Waals surface area contributed by atoms with Crippen molar-refractivity contribution in [1.82, 2.24) is 10.6 Å². The first kappa shape index (κ1) is 17.4. The molecule has 116 valence electrons. The van der Waals surface area contributed by atoms with Gasteiger partial charge in [-0.1, -0.05) is 19.1 Å². The number of aromatic carboxylic acids is 1. The molecule has 0 heterocycles. The lowest BCUT2D eigenvalue weighted by atomic mass is 10.1. The third kappa shape index (κ3) is 7.04. The lowest BCUT2D eigenvalue weighted by Crippen LogP contribution is -2.40. The van der Waals surface area contributed by atoms with Crippen LogP contribution in [0.1, 0.15) is 36.2 Å². The van der Waals surface area contributed by atoms with E-state index in [1.165, 1.54) is 12.1 Å². The van der Waals surface area contributed by atoms with Gasteiger partial charge in [0.15, 0.2) is 0 Å². The predicted molar refractivity (Wildman–Crippen MR) is 85.9 cm³/mol. The van der Waals surface area contributed by atoms with Crippen molar-refractivity contribution >= 4 is 23.8 Å². The van der Waals surface area contributed by atoms with Gasteiger partial charge in [0.2, 0.25) is 0 Å². The number of carboxylic acids is 1. The van der Waals surface area contributed by atoms with Gasteiger partial charge in [0.25, 0.3) is 0 Å². The number of urea groups is 1. The molecule has 21 heavy (non-hydrogen) atoms. The van der Waals surface area contributed by atoms with Gasteiger partial charge in [-0.15, -0.1) is 0 Å². The number of nitrogens with one attached hydrogen (secondary N) is 2. The van der Waals surface area contributed by atoms with E-state index in [4.69, 9.17) is 5.11 Å². The van der Waals surface area contributed by atoms with E-state index in [-0.39, 0.29) is 17.6 Å². The van der Waals surface area contributed by atoms with Gasteiger partial charge in [-0.05, 0) is 42.5 Å². The second-order valence-electron chi connectivity index (χ2n) is 4.72. The summed E-state index contributed by atoms with van der Waals surface area (Å²) in [5, 5.41) is 14.4. The first-order valence-electron chi connectivity index (χ1n) is 6.97. The molecule has 6 heteroatoms. The summed E-state index contributed by atoms with van der Waals surface area (Å²) < 4.78 is 0. The Morgan fingerprint density at radius 2 is 1.95 bits per heavy atom. The number of benzene rings is 1. The molecule has 0 fully saturated rings. The number of carbonyl (C=O) groups is 2. The Kier molecular flexibility index (Phi) is 7.68. The van der Waals surface area contributed by atoms with Gasteiger partial charge in [-0.25, -0.2) is 9.59 Å². The number of hydrogen-bond donors (Lipinski definition) is 3. The van der Waals surface area contributed by atoms with E-state index >= 15 is 0 Å². The Morgan fingerprint density at radius 1 is 1.29 bits per heavy atom. The Bertz CT molecular complexity index is 462. The van der Waals surface area contributed by atoms with Crippen LogP contribution in [0.4, 0.5) is 4.79 Å². The largest absolute Gasteiger partial charge is 0.478 e. The molecule has 0 aliphatic carbocycles. The van der Waals surface area contributed by atoms with Gasteiger partial charge < -0.3 is 15.7 Å². The van der Waals surface area contributed by atoms with Crippen LogP contribution in [-0.2, 0) is 6.54 Å². The van der Waals surface area contributed by atoms with E-state index in [1.54, 1.807) is 12.1 Å². The van der Waals surface area contributed by atoms with Crippen LogP contribution in [-0.4, -0.2) is 34.7 Å². The van der Waals surface area contributed by atoms with E-state index < -0.39 is 5.97 Å². The zero-order valence-corrected chi connectivity index (χ0v) is 13.2. The molecular formula is C15H22N2O3S. The lowest BCUT2D eigenvalue weighted by Gasteiger charge is -2.14. The van der Waals surface area contributed by atoms with E-state index in [0.29, 0.717) is 6.54 Å². The zero-order valence-electron chi connectivity index (χ0n) is 12.4. The van der Waals surface area contributed by atoms with Crippen LogP contribution < -0.4 is 10.6 Å². The SMILES string of the molecule is CCSCCC(C)NC(=O)NCc1ccc(C(=O)O)cc1. The molecule has 0 saturated carbocycles. The van der Waals surface area contributed by atoms with E-state index in [1.807, 2.05) is 18.7 Å². The molecule has 0 aromatic heterocycles. The number of carboxylic acid groups (broad SMARTS) is 1. The summed E-state index contributed by atoms with van der Waals surface area (Å²) in [5.74, 6) is 1.17. The van der Waals surface area contributed by atoms with Crippen LogP contribution in [0.5, 0.6) is 0 Å². The van der Waals surface area contributed by atoms with Crippen LogP contribution in [0.2, 0.25) is 0 Å². The molecule has 0 bridgehead atoms. The van der Waals surface area contributed by atoms with Crippen LogP contribution in [0.25, 0.3) is 0 Å². The Balaban J connectivity index is 2.30. The molecule has 1 atom stereocenters. The van der Waals surface area contributed by atoms with Crippen molar-refractivity contribution in [2.45, 2.75) is 32.9 Å². The predicted octanol–water partition coefficient (Wildman–Crippen LogP) is 2.72. The minimum Gasteiger partial charge on any atom is -0.478 e. The normalized spacial score (nSPS) is 11.7. The van der Waals surface area contributed by atoms with Crippen molar-refractivity contribution < 1.29 is 14.7 Å². The minimum atomic E-state index is -0.953. The molecular weight excluding hydrogens is 288 g/mol. The van der Waals surface area contributed by atoms with E-state index in [9.17, 15) is 9.59 Å². The molecule has 2 amide bonds. The first-order chi connectivity index (χ1) is 10.0. The van der Waals surface area contributed by atoms with Gasteiger partial charge in [0, 0.05) is 12.6 Å². The minimum absolute atomic E-state index is 0.137. The summed E-state index contributed by atoms with van der Waals surface area (Å²) in [6, 6.07) is 6.39. The third-order valence-corrected chi connectivity index (χ3v) is 3.86. The molecule has 3 N–H and O–H groups in total. The van der Waals surface area contributed by atoms with E-state index in [2.05, 4.69) is 17.6 Å². The average molecular weight is 310 g/mol. The molecule has 1 unspecified atom stereocenters. The Labute approximate surface area is 129 Å². The molecule has 1 rings (SSSR count). The standard InChI is InChI=1S/C15H22N2O3S/c1-3-21-9-8-11(2)17-15(20)16-10-12-4-6-13(7-5-12)14(18)19/h4-7,11H,3,8-10H2,1-2H3,(H,18,19)(H2,16,17,20). The summed E-state index contributed by atoms with van der Waals surface area (Å²) in [5.41, 5.74) is 1.11. The maximum atomic E-state index is 11.7. The van der Waals surface area contributed by atoms with Crippen LogP contribution in [0.3, 0.4) is 0 Å². The van der Waals surface area contributed by atoms with Crippen molar-refractivity contribution in [2.75, 3.05) is 11.5 Å². The fourth-order valence-electron chi connectivity index (χ4n) is 1.70. The highest BCUT2D eigenvalue weighted by Crippen LogP contribution is 2.05. The highest BCUT2D eigenvalue weighted by atomic mass is 32.2. The highest BCUT2D eigenvalue weighted by Gasteiger charge is 2.07. The molecule has 1 aromatic rings. The molecule has 0 radical (unpaired) electrons. The number of thioether (sulfide) groups is 1. The summed E-state index contributed by atoms with van der Waals surface area (Å²) in [6.45, 7) is 4.48. The topological polar surface area (TPSA) is 78.4 Å². The van der Waals surface area contributed by atoms with Gasteiger partial charge in [0.1, 0.15) is 0 Å². The number of hydrogen-bond acceptors (Lipinski definition) is 3. The molecule has 0 aliphatic rings. The van der Waals surface area contributed by atoms with Crippen LogP contribution >= 0.6 is 11.8 Å². The number of carbonyl (C=O) groups excluding carboxylic acids is 1. The van der Waals surface area contributed by atoms with Gasteiger partial charge in [-0.2, -0.15) is 11.8 Å². The first-order valence-corrected chi connectivity index (χ1v) is 8.12. The molecule has 0 saturated heterocycles. The zero-order chi connectivity index (χ0) is 15.7. The number of amides is 2. The van der Waals surface area contributed by atoms with Crippen molar-refractivity contribution in [3.63, 3.8) is 0 Å². The molecule has 0 aliphatic heterocycles. The van der Waals surface area contributed by atoms with Crippen LogP contribution in [0, 0.1) is 0 Å². The molecule has 0 spiro atoms. The quantitative estimate of drug-likeness (QED) is 0.645. The van der Waals surface area contributed by atoms with Gasteiger partial charge in [0.05, 0.1) is 5.56 Å². The maximum Gasteiger partial charge on any atom is 0.335 e. The van der Waals surface area contributed by atoms with Crippen molar-refractivity contribution in [3.8, 4) is 0 Å². The van der Waals surface area contributed by atoms with Crippen molar-refractivity contribution in [2.24, 2.45) is 0 Å². The molecule has 1 aromatic carbocycles. The van der Waals surface area contributed by atoms with Gasteiger partial charge >= 0.3 is 12.0 Å². The second-order valence-corrected chi connectivity index (χ2v) is 6.11. The summed E-state index contributed by atoms with van der Waals surface area (Å²) in [4.78, 5) is 22.4. The van der Waals surface area contributed by atoms with Crippen molar-refractivity contribution in [1.29, 1.82) is 0 Å². The smallest absolute Gasteiger partial charge is 0.335 e.